The van der Waals surface area contributed by atoms with Gasteiger partial charge in [-0.15, -0.1) is 11.3 Å². The molecule has 0 aliphatic carbocycles. The highest BCUT2D eigenvalue weighted by molar-refractivity contribution is 7.09. The van der Waals surface area contributed by atoms with Crippen molar-refractivity contribution in [2.75, 3.05) is 7.05 Å². The van der Waals surface area contributed by atoms with Crippen LogP contribution in [0.15, 0.2) is 40.1 Å². The summed E-state index contributed by atoms with van der Waals surface area (Å²) in [6, 6.07) is 9.59. The average molecular weight is 315 g/mol. The second-order valence-electron chi connectivity index (χ2n) is 5.11. The number of amides is 1. The van der Waals surface area contributed by atoms with Crippen LogP contribution >= 0.6 is 11.3 Å². The highest BCUT2D eigenvalue weighted by Gasteiger charge is 2.23. The van der Waals surface area contributed by atoms with Crippen molar-refractivity contribution in [3.63, 3.8) is 0 Å². The number of carbonyl (C=O) groups is 1. The van der Waals surface area contributed by atoms with Crippen LogP contribution in [0, 0.1) is 0 Å². The molecule has 22 heavy (non-hydrogen) atoms. The van der Waals surface area contributed by atoms with E-state index in [0.29, 0.717) is 12.2 Å². The molecule has 0 saturated heterocycles. The Bertz CT molecular complexity index is 775. The van der Waals surface area contributed by atoms with Crippen molar-refractivity contribution in [2.45, 2.75) is 19.5 Å². The van der Waals surface area contributed by atoms with Crippen LogP contribution in [-0.4, -0.2) is 22.8 Å². The van der Waals surface area contributed by atoms with E-state index >= 15 is 0 Å². The van der Waals surface area contributed by atoms with Gasteiger partial charge in [-0.05, 0) is 19.1 Å². The number of carbonyl (C=O) groups excluding carboxylic acids is 1. The van der Waals surface area contributed by atoms with Crippen molar-refractivity contribution in [2.24, 2.45) is 5.73 Å². The molecule has 1 atom stereocenters. The fourth-order valence-corrected chi connectivity index (χ4v) is 2.91. The minimum Gasteiger partial charge on any atom is -0.459 e. The first-order valence-corrected chi connectivity index (χ1v) is 7.88. The quantitative estimate of drug-likeness (QED) is 0.802. The number of hydrogen-bond acceptors (Lipinski definition) is 5. The largest absolute Gasteiger partial charge is 0.459 e. The summed E-state index contributed by atoms with van der Waals surface area (Å²) in [6.45, 7) is 2.28. The van der Waals surface area contributed by atoms with Crippen molar-refractivity contribution >= 4 is 28.2 Å². The van der Waals surface area contributed by atoms with E-state index in [4.69, 9.17) is 10.2 Å². The minimum absolute atomic E-state index is 0.135. The summed E-state index contributed by atoms with van der Waals surface area (Å²) in [7, 11) is 1.75. The lowest BCUT2D eigenvalue weighted by Crippen LogP contribution is -2.29. The number of thiazole rings is 1. The van der Waals surface area contributed by atoms with Crippen LogP contribution in [-0.2, 0) is 6.54 Å². The van der Waals surface area contributed by atoms with Crippen molar-refractivity contribution in [1.29, 1.82) is 0 Å². The molecule has 3 rings (SSSR count). The maximum atomic E-state index is 12.5. The number of nitrogens with two attached hydrogens (primary N) is 1. The third kappa shape index (κ3) is 2.63. The summed E-state index contributed by atoms with van der Waals surface area (Å²) in [5.74, 6) is 0.621. The number of para-hydroxylation sites is 1. The van der Waals surface area contributed by atoms with Gasteiger partial charge in [0.15, 0.2) is 0 Å². The Hall–Kier alpha value is -2.18. The Morgan fingerprint density at radius 3 is 2.91 bits per heavy atom. The fraction of sp³-hybridized carbons (Fsp3) is 0.250. The van der Waals surface area contributed by atoms with E-state index in [0.717, 1.165) is 21.7 Å². The summed E-state index contributed by atoms with van der Waals surface area (Å²) in [5.41, 5.74) is 6.79. The highest BCUT2D eigenvalue weighted by atomic mass is 32.1. The molecule has 0 bridgehead atoms. The lowest BCUT2D eigenvalue weighted by atomic mass is 10.2. The molecule has 0 fully saturated rings. The average Bonchev–Trinajstić information content (AvgIpc) is 3.18. The summed E-state index contributed by atoms with van der Waals surface area (Å²) in [4.78, 5) is 18.4. The molecule has 0 saturated carbocycles. The SMILES string of the molecule is CC(c1cc2ccccc2o1)N(C)C(=O)c1csc(CN)n1. The molecule has 0 aliphatic heterocycles. The zero-order valence-electron chi connectivity index (χ0n) is 12.4. The lowest BCUT2D eigenvalue weighted by Gasteiger charge is -2.22. The fourth-order valence-electron chi connectivity index (χ4n) is 2.26. The molecule has 1 amide bonds. The Morgan fingerprint density at radius 1 is 1.45 bits per heavy atom. The molecular formula is C16H17N3O2S. The van der Waals surface area contributed by atoms with Crippen molar-refractivity contribution in [3.8, 4) is 0 Å². The number of nitrogens with zero attached hydrogens (tertiary/aromatic N) is 2. The molecule has 5 nitrogen and oxygen atoms in total. The second-order valence-corrected chi connectivity index (χ2v) is 6.05. The van der Waals surface area contributed by atoms with Crippen LogP contribution in [0.5, 0.6) is 0 Å². The maximum absolute atomic E-state index is 12.5. The smallest absolute Gasteiger partial charge is 0.273 e. The molecular weight excluding hydrogens is 298 g/mol. The van der Waals surface area contributed by atoms with Crippen LogP contribution in [0.25, 0.3) is 11.0 Å². The van der Waals surface area contributed by atoms with Gasteiger partial charge < -0.3 is 15.1 Å². The molecule has 1 aromatic carbocycles. The Balaban J connectivity index is 1.83. The predicted molar refractivity (Wildman–Crippen MR) is 86.7 cm³/mol. The molecule has 3 aromatic rings. The molecule has 2 N–H and O–H groups in total. The van der Waals surface area contributed by atoms with Crippen LogP contribution in [0.4, 0.5) is 0 Å². The zero-order chi connectivity index (χ0) is 15.7. The van der Waals surface area contributed by atoms with Gasteiger partial charge in [0.1, 0.15) is 22.0 Å². The molecule has 114 valence electrons. The minimum atomic E-state index is -0.178. The van der Waals surface area contributed by atoms with Gasteiger partial charge in [-0.2, -0.15) is 0 Å². The summed E-state index contributed by atoms with van der Waals surface area (Å²) in [5, 5.41) is 3.53. The molecule has 0 aliphatic rings. The van der Waals surface area contributed by atoms with Gasteiger partial charge >= 0.3 is 0 Å². The van der Waals surface area contributed by atoms with E-state index in [1.807, 2.05) is 37.3 Å². The monoisotopic (exact) mass is 315 g/mol. The highest BCUT2D eigenvalue weighted by Crippen LogP contribution is 2.27. The molecule has 6 heteroatoms. The first-order valence-electron chi connectivity index (χ1n) is 7.00. The lowest BCUT2D eigenvalue weighted by molar-refractivity contribution is 0.0722. The van der Waals surface area contributed by atoms with Crippen molar-refractivity contribution < 1.29 is 9.21 Å². The van der Waals surface area contributed by atoms with E-state index in [9.17, 15) is 4.79 Å². The zero-order valence-corrected chi connectivity index (χ0v) is 13.3. The van der Waals surface area contributed by atoms with Crippen molar-refractivity contribution in [1.82, 2.24) is 9.88 Å². The van der Waals surface area contributed by atoms with Crippen LogP contribution < -0.4 is 5.73 Å². The molecule has 0 radical (unpaired) electrons. The third-order valence-electron chi connectivity index (χ3n) is 3.70. The van der Waals surface area contributed by atoms with Gasteiger partial charge in [0.2, 0.25) is 0 Å². The first-order chi connectivity index (χ1) is 10.6. The van der Waals surface area contributed by atoms with Crippen LogP contribution in [0.1, 0.15) is 34.2 Å². The summed E-state index contributed by atoms with van der Waals surface area (Å²) in [6.07, 6.45) is 0. The van der Waals surface area contributed by atoms with E-state index in [1.165, 1.54) is 11.3 Å². The number of benzene rings is 1. The standard InChI is InChI=1S/C16H17N3O2S/c1-10(14-7-11-5-3-4-6-13(11)21-14)19(2)16(20)12-9-22-15(8-17)18-12/h3-7,9-10H,8,17H2,1-2H3. The predicted octanol–water partition coefficient (Wildman–Crippen LogP) is 3.18. The number of aromatic nitrogens is 1. The van der Waals surface area contributed by atoms with Gasteiger partial charge in [-0.1, -0.05) is 18.2 Å². The topological polar surface area (TPSA) is 72.4 Å². The summed E-state index contributed by atoms with van der Waals surface area (Å²) < 4.78 is 5.83. The molecule has 2 heterocycles. The van der Waals surface area contributed by atoms with E-state index in [2.05, 4.69) is 4.98 Å². The number of fused-ring (bicyclic) bond motifs is 1. The van der Waals surface area contributed by atoms with E-state index in [-0.39, 0.29) is 11.9 Å². The summed E-state index contributed by atoms with van der Waals surface area (Å²) >= 11 is 1.40. The third-order valence-corrected chi connectivity index (χ3v) is 4.57. The number of hydrogen-bond donors (Lipinski definition) is 1. The molecule has 1 unspecified atom stereocenters. The van der Waals surface area contributed by atoms with Gasteiger partial charge in [-0.25, -0.2) is 4.98 Å². The second kappa shape index (κ2) is 5.90. The van der Waals surface area contributed by atoms with Gasteiger partial charge in [0, 0.05) is 24.4 Å². The Morgan fingerprint density at radius 2 is 2.23 bits per heavy atom. The molecule has 2 aromatic heterocycles. The van der Waals surface area contributed by atoms with Gasteiger partial charge in [0.05, 0.1) is 6.04 Å². The number of rotatable bonds is 4. The Labute approximate surface area is 132 Å². The maximum Gasteiger partial charge on any atom is 0.273 e. The van der Waals surface area contributed by atoms with Crippen molar-refractivity contribution in [3.05, 3.63) is 52.2 Å². The van der Waals surface area contributed by atoms with Gasteiger partial charge in [0.25, 0.3) is 5.91 Å². The van der Waals surface area contributed by atoms with Crippen LogP contribution in [0.2, 0.25) is 0 Å². The first kappa shape index (κ1) is 14.7. The normalized spacial score (nSPS) is 12.5. The van der Waals surface area contributed by atoms with Crippen LogP contribution in [0.3, 0.4) is 0 Å². The number of furan rings is 1. The molecule has 0 spiro atoms. The Kier molecular flexibility index (Phi) is 3.96. The van der Waals surface area contributed by atoms with Gasteiger partial charge in [-0.3, -0.25) is 4.79 Å². The van der Waals surface area contributed by atoms with E-state index < -0.39 is 0 Å². The van der Waals surface area contributed by atoms with E-state index in [1.54, 1.807) is 17.3 Å².